The summed E-state index contributed by atoms with van der Waals surface area (Å²) in [6.07, 6.45) is 1.67. The number of hydrogen-bond donors (Lipinski definition) is 2. The first-order valence-corrected chi connectivity index (χ1v) is 4.29. The van der Waals surface area contributed by atoms with Crippen molar-refractivity contribution in [2.75, 3.05) is 6.54 Å². The number of nitrogens with zero attached hydrogens (tertiary/aromatic N) is 1. The number of amides is 2. The Labute approximate surface area is 80.3 Å². The van der Waals surface area contributed by atoms with E-state index in [2.05, 4.69) is 15.6 Å². The number of aromatic nitrogens is 1. The summed E-state index contributed by atoms with van der Waals surface area (Å²) >= 11 is 5.63. The van der Waals surface area contributed by atoms with Crippen LogP contribution in [0.1, 0.15) is 11.6 Å². The molecule has 1 aromatic rings. The van der Waals surface area contributed by atoms with Crippen LogP contribution in [-0.4, -0.2) is 17.6 Å². The highest BCUT2D eigenvalue weighted by Gasteiger charge is 2.21. The van der Waals surface area contributed by atoms with E-state index in [1.807, 2.05) is 6.07 Å². The van der Waals surface area contributed by atoms with E-state index in [0.717, 1.165) is 5.56 Å². The zero-order valence-electron chi connectivity index (χ0n) is 6.75. The molecule has 0 spiro atoms. The van der Waals surface area contributed by atoms with E-state index in [9.17, 15) is 4.79 Å². The van der Waals surface area contributed by atoms with Crippen LogP contribution in [0.3, 0.4) is 0 Å². The maximum atomic E-state index is 10.8. The Hall–Kier alpha value is -1.29. The first kappa shape index (κ1) is 8.31. The minimum absolute atomic E-state index is 0.0114. The number of urea groups is 1. The van der Waals surface area contributed by atoms with Gasteiger partial charge in [-0.2, -0.15) is 0 Å². The van der Waals surface area contributed by atoms with Gasteiger partial charge in [-0.15, -0.1) is 0 Å². The molecule has 1 aromatic heterocycles. The van der Waals surface area contributed by atoms with Crippen molar-refractivity contribution in [3.05, 3.63) is 29.0 Å². The lowest BCUT2D eigenvalue weighted by molar-refractivity contribution is 0.247. The summed E-state index contributed by atoms with van der Waals surface area (Å²) in [5, 5.41) is 5.89. The summed E-state index contributed by atoms with van der Waals surface area (Å²) < 4.78 is 0. The van der Waals surface area contributed by atoms with Crippen LogP contribution in [0.5, 0.6) is 0 Å². The van der Waals surface area contributed by atoms with Crippen LogP contribution in [-0.2, 0) is 0 Å². The lowest BCUT2D eigenvalue weighted by atomic mass is 10.1. The highest BCUT2D eigenvalue weighted by atomic mass is 35.5. The SMILES string of the molecule is O=C1NC[C@H](c2ccc(Cl)nc2)N1. The van der Waals surface area contributed by atoms with Crippen LogP contribution in [0.2, 0.25) is 5.15 Å². The molecule has 0 bridgehead atoms. The van der Waals surface area contributed by atoms with Crippen molar-refractivity contribution in [3.8, 4) is 0 Å². The molecule has 1 fully saturated rings. The largest absolute Gasteiger partial charge is 0.336 e. The van der Waals surface area contributed by atoms with Gasteiger partial charge < -0.3 is 10.6 Å². The second-order valence-corrected chi connectivity index (χ2v) is 3.21. The molecule has 0 aliphatic carbocycles. The molecule has 2 heterocycles. The quantitative estimate of drug-likeness (QED) is 0.663. The molecule has 0 aromatic carbocycles. The third-order valence-corrected chi connectivity index (χ3v) is 2.15. The van der Waals surface area contributed by atoms with Crippen LogP contribution >= 0.6 is 11.6 Å². The Kier molecular flexibility index (Phi) is 2.06. The molecule has 0 saturated carbocycles. The van der Waals surface area contributed by atoms with Gasteiger partial charge in [0, 0.05) is 12.7 Å². The number of nitrogens with one attached hydrogen (secondary N) is 2. The van der Waals surface area contributed by atoms with Gasteiger partial charge >= 0.3 is 6.03 Å². The van der Waals surface area contributed by atoms with E-state index in [-0.39, 0.29) is 12.1 Å². The summed E-state index contributed by atoms with van der Waals surface area (Å²) in [4.78, 5) is 14.8. The van der Waals surface area contributed by atoms with E-state index in [0.29, 0.717) is 11.7 Å². The number of hydrogen-bond acceptors (Lipinski definition) is 2. The second-order valence-electron chi connectivity index (χ2n) is 2.82. The fourth-order valence-corrected chi connectivity index (χ4v) is 1.36. The smallest absolute Gasteiger partial charge is 0.315 e. The third kappa shape index (κ3) is 1.72. The predicted molar refractivity (Wildman–Crippen MR) is 48.5 cm³/mol. The lowest BCUT2D eigenvalue weighted by Crippen LogP contribution is -2.21. The first-order chi connectivity index (χ1) is 6.25. The Morgan fingerprint density at radius 3 is 2.92 bits per heavy atom. The van der Waals surface area contributed by atoms with Crippen molar-refractivity contribution >= 4 is 17.6 Å². The molecule has 68 valence electrons. The second kappa shape index (κ2) is 3.22. The molecule has 1 saturated heterocycles. The van der Waals surface area contributed by atoms with Crippen LogP contribution in [0.15, 0.2) is 18.3 Å². The Balaban J connectivity index is 2.17. The van der Waals surface area contributed by atoms with E-state index in [4.69, 9.17) is 11.6 Å². The van der Waals surface area contributed by atoms with Crippen molar-refractivity contribution < 1.29 is 4.79 Å². The molecule has 13 heavy (non-hydrogen) atoms. The van der Waals surface area contributed by atoms with Gasteiger partial charge in [0.2, 0.25) is 0 Å². The van der Waals surface area contributed by atoms with Crippen LogP contribution in [0, 0.1) is 0 Å². The van der Waals surface area contributed by atoms with Crippen molar-refractivity contribution in [1.82, 2.24) is 15.6 Å². The average Bonchev–Trinajstić information content (AvgIpc) is 2.53. The average molecular weight is 198 g/mol. The zero-order valence-corrected chi connectivity index (χ0v) is 7.51. The maximum Gasteiger partial charge on any atom is 0.315 e. The van der Waals surface area contributed by atoms with Gasteiger partial charge in [-0.3, -0.25) is 0 Å². The number of rotatable bonds is 1. The van der Waals surface area contributed by atoms with Crippen molar-refractivity contribution in [2.24, 2.45) is 0 Å². The van der Waals surface area contributed by atoms with Gasteiger partial charge in [0.15, 0.2) is 0 Å². The molecule has 1 aliphatic rings. The number of carbonyl (C=O) groups excluding carboxylic acids is 1. The van der Waals surface area contributed by atoms with Gasteiger partial charge in [-0.25, -0.2) is 9.78 Å². The minimum Gasteiger partial charge on any atom is -0.336 e. The minimum atomic E-state index is -0.139. The number of pyridine rings is 1. The lowest BCUT2D eigenvalue weighted by Gasteiger charge is -2.07. The summed E-state index contributed by atoms with van der Waals surface area (Å²) in [5.41, 5.74) is 0.961. The zero-order chi connectivity index (χ0) is 9.26. The predicted octanol–water partition coefficient (Wildman–Crippen LogP) is 1.09. The molecule has 5 heteroatoms. The van der Waals surface area contributed by atoms with Gasteiger partial charge in [-0.1, -0.05) is 17.7 Å². The van der Waals surface area contributed by atoms with Crippen molar-refractivity contribution in [1.29, 1.82) is 0 Å². The summed E-state index contributed by atoms with van der Waals surface area (Å²) in [6, 6.07) is 3.44. The first-order valence-electron chi connectivity index (χ1n) is 3.91. The van der Waals surface area contributed by atoms with E-state index < -0.39 is 0 Å². The Bertz CT molecular complexity index is 325. The van der Waals surface area contributed by atoms with E-state index in [1.54, 1.807) is 12.3 Å². The molecule has 2 rings (SSSR count). The maximum absolute atomic E-state index is 10.8. The number of halogens is 1. The fraction of sp³-hybridized carbons (Fsp3) is 0.250. The van der Waals surface area contributed by atoms with Crippen LogP contribution in [0.4, 0.5) is 4.79 Å². The molecular formula is C8H8ClN3O. The van der Waals surface area contributed by atoms with Gasteiger partial charge in [0.25, 0.3) is 0 Å². The van der Waals surface area contributed by atoms with Crippen LogP contribution in [0.25, 0.3) is 0 Å². The van der Waals surface area contributed by atoms with E-state index in [1.165, 1.54) is 0 Å². The summed E-state index contributed by atoms with van der Waals surface area (Å²) in [5.74, 6) is 0. The molecule has 1 aliphatic heterocycles. The molecule has 1 atom stereocenters. The van der Waals surface area contributed by atoms with Crippen molar-refractivity contribution in [2.45, 2.75) is 6.04 Å². The molecule has 4 nitrogen and oxygen atoms in total. The van der Waals surface area contributed by atoms with Gasteiger partial charge in [-0.05, 0) is 11.6 Å². The molecule has 0 unspecified atom stereocenters. The topological polar surface area (TPSA) is 54.0 Å². The highest BCUT2D eigenvalue weighted by Crippen LogP contribution is 2.15. The summed E-state index contributed by atoms with van der Waals surface area (Å²) in [7, 11) is 0. The van der Waals surface area contributed by atoms with E-state index >= 15 is 0 Å². The molecule has 2 N–H and O–H groups in total. The number of carbonyl (C=O) groups is 1. The van der Waals surface area contributed by atoms with Gasteiger partial charge in [0.1, 0.15) is 5.15 Å². The standard InChI is InChI=1S/C8H8ClN3O/c9-7-2-1-5(3-10-7)6-4-11-8(13)12-6/h1-3,6H,4H2,(H2,11,12,13)/t6-/m1/s1. The Morgan fingerprint density at radius 1 is 1.54 bits per heavy atom. The monoisotopic (exact) mass is 197 g/mol. The fourth-order valence-electron chi connectivity index (χ4n) is 1.25. The highest BCUT2D eigenvalue weighted by molar-refractivity contribution is 6.29. The normalized spacial score (nSPS) is 21.0. The summed E-state index contributed by atoms with van der Waals surface area (Å²) in [6.45, 7) is 0.599. The molecule has 2 amide bonds. The van der Waals surface area contributed by atoms with Gasteiger partial charge in [0.05, 0.1) is 6.04 Å². The third-order valence-electron chi connectivity index (χ3n) is 1.92. The Morgan fingerprint density at radius 2 is 2.38 bits per heavy atom. The van der Waals surface area contributed by atoms with Crippen molar-refractivity contribution in [3.63, 3.8) is 0 Å². The molecular weight excluding hydrogens is 190 g/mol. The van der Waals surface area contributed by atoms with Crippen LogP contribution < -0.4 is 10.6 Å². The molecule has 0 radical (unpaired) electrons.